The molecule has 0 aliphatic rings. The second-order valence-corrected chi connectivity index (χ2v) is 12.3. The Morgan fingerprint density at radius 2 is 1.11 bits per heavy atom. The lowest BCUT2D eigenvalue weighted by molar-refractivity contribution is 0.0545. The third-order valence-corrected chi connectivity index (χ3v) is 6.47. The molecule has 0 saturated heterocycles. The number of aromatic nitrogens is 2. The van der Waals surface area contributed by atoms with E-state index in [1.165, 1.54) is 0 Å². The van der Waals surface area contributed by atoms with Crippen molar-refractivity contribution in [3.05, 3.63) is 126 Å². The van der Waals surface area contributed by atoms with Gasteiger partial charge in [0.15, 0.2) is 0 Å². The van der Waals surface area contributed by atoms with Gasteiger partial charge in [0.25, 0.3) is 0 Å². The number of carbonyl (C=O) groups is 2. The van der Waals surface area contributed by atoms with Gasteiger partial charge in [-0.3, -0.25) is 15.6 Å². The van der Waals surface area contributed by atoms with E-state index in [1.807, 2.05) is 67.1 Å². The molecule has 4 aromatic rings. The molecule has 0 aliphatic heterocycles. The maximum absolute atomic E-state index is 12.5. The van der Waals surface area contributed by atoms with Crippen LogP contribution in [0.15, 0.2) is 109 Å². The third kappa shape index (κ3) is 8.34. The van der Waals surface area contributed by atoms with Crippen LogP contribution in [0.5, 0.6) is 0 Å². The van der Waals surface area contributed by atoms with Crippen molar-refractivity contribution in [3.63, 3.8) is 0 Å². The van der Waals surface area contributed by atoms with Crippen molar-refractivity contribution in [2.45, 2.75) is 64.7 Å². The van der Waals surface area contributed by atoms with Crippen molar-refractivity contribution in [1.29, 1.82) is 0 Å². The Morgan fingerprint density at radius 3 is 1.50 bits per heavy atom. The summed E-state index contributed by atoms with van der Waals surface area (Å²) in [6, 6.07) is 31.0. The lowest BCUT2D eigenvalue weighted by Gasteiger charge is -2.37. The molecule has 9 nitrogen and oxygen atoms in total. The van der Waals surface area contributed by atoms with E-state index in [0.717, 1.165) is 22.4 Å². The number of hydrogen-bond donors (Lipinski definition) is 2. The fourth-order valence-electron chi connectivity index (χ4n) is 4.85. The van der Waals surface area contributed by atoms with Gasteiger partial charge in [0.05, 0.1) is 12.0 Å². The van der Waals surface area contributed by atoms with Crippen LogP contribution in [0.25, 0.3) is 0 Å². The van der Waals surface area contributed by atoms with Crippen molar-refractivity contribution < 1.29 is 19.1 Å². The highest BCUT2D eigenvalue weighted by atomic mass is 16.6. The van der Waals surface area contributed by atoms with Gasteiger partial charge in [0, 0.05) is 19.2 Å². The number of ether oxygens (including phenoxy) is 2. The number of hydrogen-bond acceptors (Lipinski definition) is 6. The van der Waals surface area contributed by atoms with Gasteiger partial charge in [-0.1, -0.05) is 91.0 Å². The predicted molar refractivity (Wildman–Crippen MR) is 172 cm³/mol. The van der Waals surface area contributed by atoms with E-state index in [2.05, 4.69) is 56.6 Å². The summed E-state index contributed by atoms with van der Waals surface area (Å²) >= 11 is 0. The molecule has 2 amide bonds. The quantitative estimate of drug-likeness (QED) is 0.141. The number of nitrogens with zero attached hydrogens (tertiary/aromatic N) is 3. The van der Waals surface area contributed by atoms with Gasteiger partial charge in [-0.2, -0.15) is 0 Å². The predicted octanol–water partition coefficient (Wildman–Crippen LogP) is 6.67. The Balaban J connectivity index is 1.65. The Morgan fingerprint density at radius 1 is 0.705 bits per heavy atom. The average molecular weight is 596 g/mol. The number of nitrogens with one attached hydrogen (secondary N) is 2. The molecule has 0 atom stereocenters. The number of aliphatic imine (C=N–C) groups is 1. The molecular formula is C35H41N5O4. The summed E-state index contributed by atoms with van der Waals surface area (Å²) in [7, 11) is 0. The number of alkyl carbamates (subject to hydrolysis) is 2. The van der Waals surface area contributed by atoms with Crippen molar-refractivity contribution in [2.75, 3.05) is 6.54 Å². The van der Waals surface area contributed by atoms with E-state index in [1.54, 1.807) is 41.5 Å². The van der Waals surface area contributed by atoms with Crippen molar-refractivity contribution in [2.24, 2.45) is 4.99 Å². The van der Waals surface area contributed by atoms with Crippen LogP contribution in [-0.4, -0.2) is 45.4 Å². The lowest BCUT2D eigenvalue weighted by atomic mass is 9.77. The van der Waals surface area contributed by atoms with Crippen LogP contribution in [-0.2, 0) is 21.4 Å². The van der Waals surface area contributed by atoms with Crippen LogP contribution in [0.1, 0.15) is 63.9 Å². The molecule has 9 heteroatoms. The molecule has 0 aliphatic carbocycles. The van der Waals surface area contributed by atoms with Crippen LogP contribution in [0.3, 0.4) is 0 Å². The van der Waals surface area contributed by atoms with Gasteiger partial charge in [-0.15, -0.1) is 0 Å². The van der Waals surface area contributed by atoms with Crippen LogP contribution in [0.4, 0.5) is 9.59 Å². The van der Waals surface area contributed by atoms with Gasteiger partial charge in [0.1, 0.15) is 16.7 Å². The molecule has 0 saturated carbocycles. The number of imidazole rings is 1. The van der Waals surface area contributed by atoms with Gasteiger partial charge in [-0.05, 0) is 58.2 Å². The Kier molecular flexibility index (Phi) is 9.88. The van der Waals surface area contributed by atoms with Crippen LogP contribution < -0.4 is 10.6 Å². The molecule has 0 fully saturated rings. The first-order valence-corrected chi connectivity index (χ1v) is 14.6. The lowest BCUT2D eigenvalue weighted by Crippen LogP contribution is -2.47. The zero-order valence-electron chi connectivity index (χ0n) is 26.2. The van der Waals surface area contributed by atoms with Crippen molar-refractivity contribution in [1.82, 2.24) is 20.2 Å². The third-order valence-electron chi connectivity index (χ3n) is 6.47. The van der Waals surface area contributed by atoms with Crippen molar-refractivity contribution in [3.8, 4) is 0 Å². The maximum atomic E-state index is 12.5. The molecule has 0 spiro atoms. The van der Waals surface area contributed by atoms with Gasteiger partial charge < -0.3 is 14.0 Å². The minimum atomic E-state index is -0.741. The number of amides is 2. The van der Waals surface area contributed by atoms with E-state index >= 15 is 0 Å². The van der Waals surface area contributed by atoms with Crippen molar-refractivity contribution >= 4 is 18.1 Å². The SMILES string of the molecule is CC(C)(C)OC(=O)NC(=NCCc1cn(C(c2ccccc2)(c2ccccc2)c2ccccc2)cn1)NC(=O)OC(C)(C)C. The highest BCUT2D eigenvalue weighted by Crippen LogP contribution is 2.40. The first-order valence-electron chi connectivity index (χ1n) is 14.6. The summed E-state index contributed by atoms with van der Waals surface area (Å²) < 4.78 is 12.8. The summed E-state index contributed by atoms with van der Waals surface area (Å²) in [6.45, 7) is 10.7. The van der Waals surface area contributed by atoms with Crippen LogP contribution in [0.2, 0.25) is 0 Å². The largest absolute Gasteiger partial charge is 0.444 e. The second kappa shape index (κ2) is 13.6. The Labute approximate surface area is 259 Å². The Hall–Kier alpha value is -4.92. The number of guanidine groups is 1. The first-order chi connectivity index (χ1) is 20.9. The van der Waals surface area contributed by atoms with Crippen LogP contribution in [0, 0.1) is 0 Å². The molecule has 2 N–H and O–H groups in total. The summed E-state index contributed by atoms with van der Waals surface area (Å²) in [6.07, 6.45) is 2.82. The summed E-state index contributed by atoms with van der Waals surface area (Å²) in [5.41, 5.74) is 1.92. The highest BCUT2D eigenvalue weighted by Gasteiger charge is 2.38. The van der Waals surface area contributed by atoms with Gasteiger partial charge >= 0.3 is 12.2 Å². The molecule has 44 heavy (non-hydrogen) atoms. The molecule has 230 valence electrons. The second-order valence-electron chi connectivity index (χ2n) is 12.3. The van der Waals surface area contributed by atoms with E-state index in [0.29, 0.717) is 6.42 Å². The zero-order chi connectivity index (χ0) is 31.8. The molecule has 4 rings (SSSR count). The van der Waals surface area contributed by atoms with E-state index in [9.17, 15) is 9.59 Å². The number of benzene rings is 3. The standard InChI is InChI=1S/C35H41N5O4/c1-33(2,3)43-31(41)38-30(39-32(42)44-34(4,5)6)36-23-22-29-24-40(25-37-29)35(26-16-10-7-11-17-26,27-18-12-8-13-19-27)28-20-14-9-15-21-28/h7-21,24-25H,22-23H2,1-6H3,(H2,36,38,39,41,42). The summed E-state index contributed by atoms with van der Waals surface area (Å²) in [5.74, 6) is -0.0693. The smallest absolute Gasteiger partial charge is 0.414 e. The van der Waals surface area contributed by atoms with Gasteiger partial charge in [-0.25, -0.2) is 14.6 Å². The number of carbonyl (C=O) groups excluding carboxylic acids is 2. The average Bonchev–Trinajstić information content (AvgIpc) is 3.42. The van der Waals surface area contributed by atoms with E-state index in [-0.39, 0.29) is 12.5 Å². The van der Waals surface area contributed by atoms with E-state index in [4.69, 9.17) is 14.5 Å². The Bertz CT molecular complexity index is 1420. The minimum absolute atomic E-state index is 0.0693. The highest BCUT2D eigenvalue weighted by molar-refractivity contribution is 6.01. The molecule has 1 heterocycles. The van der Waals surface area contributed by atoms with Gasteiger partial charge in [0.2, 0.25) is 5.96 Å². The molecule has 0 radical (unpaired) electrons. The molecule has 3 aromatic carbocycles. The minimum Gasteiger partial charge on any atom is -0.444 e. The molecule has 0 bridgehead atoms. The molecule has 1 aromatic heterocycles. The number of rotatable bonds is 7. The first kappa shape index (κ1) is 32.0. The fraction of sp³-hybridized carbons (Fsp3) is 0.314. The zero-order valence-corrected chi connectivity index (χ0v) is 26.2. The monoisotopic (exact) mass is 595 g/mol. The van der Waals surface area contributed by atoms with Crippen LogP contribution >= 0.6 is 0 Å². The summed E-state index contributed by atoms with van der Waals surface area (Å²) in [5, 5.41) is 5.04. The molecular weight excluding hydrogens is 554 g/mol. The fourth-order valence-corrected chi connectivity index (χ4v) is 4.85. The van der Waals surface area contributed by atoms with E-state index < -0.39 is 28.9 Å². The maximum Gasteiger partial charge on any atom is 0.414 e. The molecule has 0 unspecified atom stereocenters. The normalized spacial score (nSPS) is 11.8. The summed E-state index contributed by atoms with van der Waals surface area (Å²) in [4.78, 5) is 34.1. The topological polar surface area (TPSA) is 107 Å².